The average molecular weight is 1070 g/mol. The molecule has 5 N–H and O–H groups in total. The van der Waals surface area contributed by atoms with Crippen LogP contribution in [0.4, 0.5) is 19.7 Å². The highest BCUT2D eigenvalue weighted by Crippen LogP contribution is 2.31. The number of fused-ring (bicyclic) bond motifs is 2. The first-order valence-corrected chi connectivity index (χ1v) is 25.9. The summed E-state index contributed by atoms with van der Waals surface area (Å²) in [6.45, 7) is 5.45. The number of methoxy groups -OCH3 is 1. The number of pyridine rings is 1. The van der Waals surface area contributed by atoms with E-state index in [0.29, 0.717) is 97.2 Å². The van der Waals surface area contributed by atoms with Crippen molar-refractivity contribution < 1.29 is 56.9 Å². The highest BCUT2D eigenvalue weighted by atomic mass is 19.1. The van der Waals surface area contributed by atoms with Crippen molar-refractivity contribution in [2.24, 2.45) is 17.6 Å². The molecule has 7 rings (SSSR count). The van der Waals surface area contributed by atoms with Crippen molar-refractivity contribution in [3.63, 3.8) is 0 Å². The number of hydrogen-bond acceptors (Lipinski definition) is 15. The summed E-state index contributed by atoms with van der Waals surface area (Å²) >= 11 is 0. The molecule has 4 aromatic rings. The molecular weight excluding hydrogens is 1000 g/mol. The summed E-state index contributed by atoms with van der Waals surface area (Å²) in [6, 6.07) is 11.0. The Hall–Kier alpha value is -7.95. The molecule has 0 aliphatic carbocycles. The maximum atomic E-state index is 16.5. The van der Waals surface area contributed by atoms with Gasteiger partial charge in [0, 0.05) is 88.0 Å². The number of carbonyl (C=O) groups is 7. The number of piperidine rings is 1. The van der Waals surface area contributed by atoms with E-state index in [2.05, 4.69) is 25.9 Å². The molecule has 4 atom stereocenters. The number of aromatic nitrogens is 3. The van der Waals surface area contributed by atoms with Gasteiger partial charge in [0.05, 0.1) is 54.9 Å². The first-order valence-electron chi connectivity index (χ1n) is 25.9. The van der Waals surface area contributed by atoms with E-state index in [9.17, 15) is 38.4 Å². The van der Waals surface area contributed by atoms with Crippen molar-refractivity contribution in [3.05, 3.63) is 94.7 Å². The van der Waals surface area contributed by atoms with Crippen LogP contribution in [0.1, 0.15) is 76.5 Å². The second-order valence-corrected chi connectivity index (χ2v) is 19.5. The second-order valence-electron chi connectivity index (χ2n) is 19.5. The molecule has 1 saturated heterocycles. The van der Waals surface area contributed by atoms with Crippen LogP contribution in [0.5, 0.6) is 17.2 Å². The van der Waals surface area contributed by atoms with Crippen molar-refractivity contribution in [3.8, 4) is 17.2 Å². The third-order valence-corrected chi connectivity index (χ3v) is 13.7. The van der Waals surface area contributed by atoms with Gasteiger partial charge in [-0.3, -0.25) is 48.5 Å². The molecule has 77 heavy (non-hydrogen) atoms. The summed E-state index contributed by atoms with van der Waals surface area (Å²) < 4.78 is 40.7. The third kappa shape index (κ3) is 15.8. The summed E-state index contributed by atoms with van der Waals surface area (Å²) in [7, 11) is 1.54. The Morgan fingerprint density at radius 2 is 1.65 bits per heavy atom. The third-order valence-electron chi connectivity index (χ3n) is 13.7. The fourth-order valence-electron chi connectivity index (χ4n) is 9.48. The van der Waals surface area contributed by atoms with E-state index in [0.717, 1.165) is 4.90 Å². The lowest BCUT2D eigenvalue weighted by Gasteiger charge is -2.40. The Bertz CT molecular complexity index is 2850. The average Bonchev–Trinajstić information content (AvgIpc) is 3.74. The number of nitrogens with zero attached hydrogens (tertiary/aromatic N) is 6. The lowest BCUT2D eigenvalue weighted by atomic mass is 9.89. The largest absolute Gasteiger partial charge is 0.497 e. The van der Waals surface area contributed by atoms with Gasteiger partial charge < -0.3 is 45.2 Å². The Balaban J connectivity index is 0.951. The van der Waals surface area contributed by atoms with Gasteiger partial charge in [-0.25, -0.2) is 19.0 Å². The molecule has 3 aliphatic rings. The number of likely N-dealkylation sites (tertiary alicyclic amines) is 1. The van der Waals surface area contributed by atoms with E-state index in [1.54, 1.807) is 66.9 Å². The monoisotopic (exact) mass is 1070 g/mol. The van der Waals surface area contributed by atoms with Crippen LogP contribution >= 0.6 is 0 Å². The van der Waals surface area contributed by atoms with Gasteiger partial charge in [0.15, 0.2) is 17.3 Å². The van der Waals surface area contributed by atoms with Crippen LogP contribution in [0, 0.1) is 11.8 Å². The molecule has 22 nitrogen and oxygen atoms in total. The molecule has 0 spiro atoms. The number of Topliss-reactive ketones (excluding diaryl/α,β-unsaturated/α-hetero) is 1. The van der Waals surface area contributed by atoms with Gasteiger partial charge in [0.1, 0.15) is 31.7 Å². The molecule has 5 heterocycles. The number of benzene rings is 2. The second kappa shape index (κ2) is 27.2. The van der Waals surface area contributed by atoms with E-state index in [4.69, 9.17) is 24.7 Å². The number of nitrogens with two attached hydrogens (primary N) is 1. The summed E-state index contributed by atoms with van der Waals surface area (Å²) in [5, 5.41) is 8.19. The summed E-state index contributed by atoms with van der Waals surface area (Å²) in [5.41, 5.74) is 7.55. The minimum Gasteiger partial charge on any atom is -0.497 e. The predicted molar refractivity (Wildman–Crippen MR) is 279 cm³/mol. The van der Waals surface area contributed by atoms with Gasteiger partial charge in [-0.1, -0.05) is 32.4 Å². The van der Waals surface area contributed by atoms with Crippen molar-refractivity contribution >= 4 is 58.3 Å². The fraction of sp³-hybridized carbons (Fsp3) is 0.481. The number of urea groups is 1. The maximum absolute atomic E-state index is 16.5. The Morgan fingerprint density at radius 1 is 0.896 bits per heavy atom. The first-order chi connectivity index (χ1) is 37.1. The van der Waals surface area contributed by atoms with E-state index < -0.39 is 42.2 Å². The molecule has 0 radical (unpaired) electrons. The number of imide groups is 1. The Kier molecular flexibility index (Phi) is 20.1. The van der Waals surface area contributed by atoms with E-state index in [1.165, 1.54) is 36.6 Å². The van der Waals surface area contributed by atoms with Crippen LogP contribution in [-0.2, 0) is 48.4 Å². The van der Waals surface area contributed by atoms with Crippen molar-refractivity contribution in [2.75, 3.05) is 58.4 Å². The van der Waals surface area contributed by atoms with E-state index in [-0.39, 0.29) is 100.0 Å². The molecule has 3 aliphatic heterocycles. The van der Waals surface area contributed by atoms with E-state index >= 15 is 4.39 Å². The lowest BCUT2D eigenvalue weighted by molar-refractivity contribution is -0.137. The number of hydrogen-bond donors (Lipinski definition) is 4. The molecule has 1 fully saturated rings. The number of amides is 7. The summed E-state index contributed by atoms with van der Waals surface area (Å²) in [5.74, 6) is -1.53. The zero-order valence-electron chi connectivity index (χ0n) is 43.6. The summed E-state index contributed by atoms with van der Waals surface area (Å²) in [4.78, 5) is 116. The number of ketones is 1. The van der Waals surface area contributed by atoms with Crippen LogP contribution < -0.4 is 41.5 Å². The van der Waals surface area contributed by atoms with Gasteiger partial charge in [-0.15, -0.1) is 0 Å². The number of ether oxygens (including phenoxy) is 4. The maximum Gasteiger partial charge on any atom is 0.410 e. The highest BCUT2D eigenvalue weighted by Gasteiger charge is 2.38. The van der Waals surface area contributed by atoms with Gasteiger partial charge in [-0.05, 0) is 67.9 Å². The molecule has 2 aromatic heterocycles. The van der Waals surface area contributed by atoms with Crippen LogP contribution in [0.3, 0.4) is 0 Å². The number of alkyl halides is 1. The van der Waals surface area contributed by atoms with Crippen molar-refractivity contribution in [1.29, 1.82) is 0 Å². The van der Waals surface area contributed by atoms with Gasteiger partial charge in [0.25, 0.3) is 17.4 Å². The number of nitrogens with one attached hydrogen (secondary N) is 3. The molecular formula is C54H67FN10O12. The Morgan fingerprint density at radius 3 is 2.36 bits per heavy atom. The number of unbranched alkanes of at least 4 members (excludes halogenated alkanes) is 2. The molecule has 412 valence electrons. The minimum atomic E-state index is -1.50. The zero-order chi connectivity index (χ0) is 55.0. The normalized spacial score (nSPS) is 17.0. The lowest BCUT2D eigenvalue weighted by Crippen LogP contribution is -2.54. The van der Waals surface area contributed by atoms with Crippen LogP contribution in [-0.4, -0.2) is 142 Å². The predicted octanol–water partition coefficient (Wildman–Crippen LogP) is 4.41. The standard InChI is InChI=1S/C54H67FN10O12/c1-34(2)51(61-47(67)9-5-4-6-20-64-48(68)16-17-49(64)69)44(66)26-36(8-7-19-57-53(56)72)52(71)60-37-12-10-35(11-13-37)33-77-54(73)65(31-38-27-45-46(29-58-38)76-25-24-75-45)42-18-21-62(32-40(42)55)22-23-63-43-28-39(74-3)14-15-41(43)59-30-50(63)70/h10-17,27-30,34,36,40,42,51H,4-9,18-26,31-33H2,1-3H3,(H,60,71)(H,61,67)(H3,56,57,72)/t36-,40-,42-,51+/m1/s1. The number of primary amides is 1. The molecule has 0 saturated carbocycles. The smallest absolute Gasteiger partial charge is 0.410 e. The molecule has 23 heteroatoms. The molecule has 0 bridgehead atoms. The van der Waals surface area contributed by atoms with Crippen LogP contribution in [0.2, 0.25) is 0 Å². The Labute approximate surface area is 444 Å². The molecule has 0 unspecified atom stereocenters. The minimum absolute atomic E-state index is 0.0124. The SMILES string of the molecule is COc1ccc2ncc(=O)n(CCN3CC[C@@H](N(Cc4cc5c(cn4)OCCO5)C(=O)OCc4ccc(NC(=O)[C@H](CCCNC(N)=O)CC(=O)[C@@H](NC(=O)CCCCCN5C(=O)C=CC5=O)C(C)C)cc4)[C@H](F)C3)c2c1. The number of halogens is 1. The van der Waals surface area contributed by atoms with Gasteiger partial charge >= 0.3 is 12.1 Å². The number of rotatable bonds is 26. The zero-order valence-corrected chi connectivity index (χ0v) is 43.6. The number of anilines is 1. The van der Waals surface area contributed by atoms with Crippen LogP contribution in [0.25, 0.3) is 11.0 Å². The van der Waals surface area contributed by atoms with E-state index in [1.807, 2.05) is 4.90 Å². The van der Waals surface area contributed by atoms with Crippen molar-refractivity contribution in [1.82, 2.24) is 39.9 Å². The summed E-state index contributed by atoms with van der Waals surface area (Å²) in [6.07, 6.45) is 5.23. The number of carbonyl (C=O) groups excluding carboxylic acids is 7. The van der Waals surface area contributed by atoms with Crippen molar-refractivity contribution in [2.45, 2.75) is 103 Å². The highest BCUT2D eigenvalue weighted by molar-refractivity contribution is 6.12. The fourth-order valence-corrected chi connectivity index (χ4v) is 9.48. The quantitative estimate of drug-likeness (QED) is 0.0501. The molecule has 2 aromatic carbocycles. The van der Waals surface area contributed by atoms with Crippen LogP contribution in [0.15, 0.2) is 77.9 Å². The topological polar surface area (TPSA) is 276 Å². The molecule has 7 amide bonds. The van der Waals surface area contributed by atoms with Gasteiger partial charge in [0.2, 0.25) is 11.8 Å². The first kappa shape index (κ1) is 56.8. The van der Waals surface area contributed by atoms with Gasteiger partial charge in [-0.2, -0.15) is 0 Å².